The van der Waals surface area contributed by atoms with E-state index in [1.807, 2.05) is 54.6 Å². The molecule has 3 nitrogen and oxygen atoms in total. The van der Waals surface area contributed by atoms with Gasteiger partial charge < -0.3 is 5.11 Å². The second-order valence-corrected chi connectivity index (χ2v) is 7.07. The van der Waals surface area contributed by atoms with Gasteiger partial charge in [0.25, 0.3) is 5.84 Å². The molecule has 0 aliphatic carbocycles. The lowest BCUT2D eigenvalue weighted by molar-refractivity contribution is -0.353. The van der Waals surface area contributed by atoms with Gasteiger partial charge in [0.2, 0.25) is 0 Å². The monoisotopic (exact) mass is 367 g/mol. The van der Waals surface area contributed by atoms with Crippen LogP contribution in [0, 0.1) is 13.8 Å². The highest BCUT2D eigenvalue weighted by molar-refractivity contribution is 6.09. The molecular weight excluding hydrogens is 344 g/mol. The van der Waals surface area contributed by atoms with E-state index in [-0.39, 0.29) is 5.75 Å². The molecule has 4 rings (SSSR count). The van der Waals surface area contributed by atoms with Crippen LogP contribution < -0.4 is 10.3 Å². The van der Waals surface area contributed by atoms with E-state index in [0.29, 0.717) is 0 Å². The third-order valence-corrected chi connectivity index (χ3v) is 4.78. The first kappa shape index (κ1) is 17.8. The molecule has 0 aromatic heterocycles. The molecule has 4 aromatic carbocycles. The first-order chi connectivity index (χ1) is 13.6. The summed E-state index contributed by atoms with van der Waals surface area (Å²) in [7, 11) is 0. The van der Waals surface area contributed by atoms with Gasteiger partial charge >= 0.3 is 0 Å². The molecule has 0 unspecified atom stereocenters. The smallest absolute Gasteiger partial charge is 0.288 e. The first-order valence-electron chi connectivity index (χ1n) is 9.35. The normalized spacial score (nSPS) is 11.6. The highest BCUT2D eigenvalue weighted by atomic mass is 16.3. The maximum atomic E-state index is 10.7. The van der Waals surface area contributed by atoms with Crippen LogP contribution in [0.4, 0.5) is 11.4 Å². The lowest BCUT2D eigenvalue weighted by Gasteiger charge is -2.08. The quantitative estimate of drug-likeness (QED) is 0.370. The van der Waals surface area contributed by atoms with E-state index in [4.69, 9.17) is 0 Å². The van der Waals surface area contributed by atoms with Crippen LogP contribution in [0.5, 0.6) is 5.75 Å². The third kappa shape index (κ3) is 3.89. The van der Waals surface area contributed by atoms with Crippen molar-refractivity contribution in [2.75, 3.05) is 5.32 Å². The van der Waals surface area contributed by atoms with Gasteiger partial charge in [-0.3, -0.25) is 0 Å². The van der Waals surface area contributed by atoms with Crippen LogP contribution in [0.1, 0.15) is 16.7 Å². The molecule has 0 saturated carbocycles. The summed E-state index contributed by atoms with van der Waals surface area (Å²) in [5.74, 6) is 0.962. The number of anilines is 1. The SMILES string of the molecule is Cc1ccc(NC(=[NH+]c2ccc(C)cc2)c2cc3ccccc3cc2O)cc1. The van der Waals surface area contributed by atoms with Crippen LogP contribution in [-0.2, 0) is 0 Å². The molecule has 0 radical (unpaired) electrons. The number of aryl methyl sites for hydroxylation is 2. The molecule has 3 heteroatoms. The number of phenols is 1. The van der Waals surface area contributed by atoms with E-state index in [1.165, 1.54) is 11.1 Å². The summed E-state index contributed by atoms with van der Waals surface area (Å²) in [6.07, 6.45) is 0. The molecule has 0 bridgehead atoms. The van der Waals surface area contributed by atoms with Crippen LogP contribution in [-0.4, -0.2) is 10.9 Å². The highest BCUT2D eigenvalue weighted by Gasteiger charge is 2.17. The predicted molar refractivity (Wildman–Crippen MR) is 116 cm³/mol. The lowest BCUT2D eigenvalue weighted by Crippen LogP contribution is -2.68. The Morgan fingerprint density at radius 1 is 0.750 bits per heavy atom. The number of fused-ring (bicyclic) bond motifs is 1. The Balaban J connectivity index is 1.83. The Bertz CT molecular complexity index is 1140. The van der Waals surface area contributed by atoms with E-state index in [9.17, 15) is 5.11 Å². The number of phenolic OH excluding ortho intramolecular Hbond substituents is 1. The van der Waals surface area contributed by atoms with E-state index in [0.717, 1.165) is 33.5 Å². The summed E-state index contributed by atoms with van der Waals surface area (Å²) in [5.41, 5.74) is 5.03. The molecule has 4 aromatic rings. The van der Waals surface area contributed by atoms with Crippen LogP contribution in [0.25, 0.3) is 10.8 Å². The fraction of sp³-hybridized carbons (Fsp3) is 0.0800. The van der Waals surface area contributed by atoms with Crippen LogP contribution in [0.2, 0.25) is 0 Å². The number of amidine groups is 1. The zero-order valence-corrected chi connectivity index (χ0v) is 16.0. The van der Waals surface area contributed by atoms with Crippen molar-refractivity contribution in [1.82, 2.24) is 0 Å². The van der Waals surface area contributed by atoms with Crippen molar-refractivity contribution in [1.29, 1.82) is 0 Å². The van der Waals surface area contributed by atoms with E-state index >= 15 is 0 Å². The van der Waals surface area contributed by atoms with Gasteiger partial charge in [0, 0.05) is 0 Å². The summed E-state index contributed by atoms with van der Waals surface area (Å²) >= 11 is 0. The molecule has 0 fully saturated rings. The zero-order valence-electron chi connectivity index (χ0n) is 16.0. The Morgan fingerprint density at radius 2 is 1.32 bits per heavy atom. The second-order valence-electron chi connectivity index (χ2n) is 7.07. The molecule has 28 heavy (non-hydrogen) atoms. The van der Waals surface area contributed by atoms with E-state index < -0.39 is 0 Å². The molecule has 3 N–H and O–H groups in total. The van der Waals surface area contributed by atoms with Gasteiger partial charge in [-0.1, -0.05) is 59.7 Å². The number of nitrogens with one attached hydrogen (secondary N) is 2. The van der Waals surface area contributed by atoms with Crippen molar-refractivity contribution >= 4 is 28.0 Å². The fourth-order valence-electron chi connectivity index (χ4n) is 3.16. The molecule has 0 amide bonds. The number of rotatable bonds is 3. The van der Waals surface area contributed by atoms with Gasteiger partial charge in [0.05, 0.1) is 0 Å². The van der Waals surface area contributed by atoms with Crippen molar-refractivity contribution in [3.05, 3.63) is 102 Å². The van der Waals surface area contributed by atoms with Crippen molar-refractivity contribution in [2.24, 2.45) is 0 Å². The largest absolute Gasteiger partial charge is 0.507 e. The van der Waals surface area contributed by atoms with E-state index in [2.05, 4.69) is 48.4 Å². The minimum Gasteiger partial charge on any atom is -0.507 e. The molecule has 0 aliphatic heterocycles. The van der Waals surface area contributed by atoms with Crippen molar-refractivity contribution < 1.29 is 10.1 Å². The summed E-state index contributed by atoms with van der Waals surface area (Å²) in [5, 5.41) is 16.2. The summed E-state index contributed by atoms with van der Waals surface area (Å²) in [6, 6.07) is 28.2. The molecule has 0 spiro atoms. The topological polar surface area (TPSA) is 46.2 Å². The molecule has 138 valence electrons. The molecule has 0 heterocycles. The molecular formula is C25H23N2O+. The summed E-state index contributed by atoms with van der Waals surface area (Å²) in [6.45, 7) is 4.13. The molecule has 0 aliphatic rings. The maximum absolute atomic E-state index is 10.7. The summed E-state index contributed by atoms with van der Waals surface area (Å²) < 4.78 is 0. The van der Waals surface area contributed by atoms with Gasteiger partial charge in [0.1, 0.15) is 22.7 Å². The zero-order chi connectivity index (χ0) is 19.5. The van der Waals surface area contributed by atoms with Crippen LogP contribution in [0.3, 0.4) is 0 Å². The third-order valence-electron chi connectivity index (χ3n) is 4.78. The molecule has 0 atom stereocenters. The van der Waals surface area contributed by atoms with Gasteiger partial charge in [-0.2, -0.15) is 0 Å². The van der Waals surface area contributed by atoms with E-state index in [1.54, 1.807) is 6.07 Å². The maximum Gasteiger partial charge on any atom is 0.288 e. The number of hydrogen-bond acceptors (Lipinski definition) is 1. The Hall–Kier alpha value is -3.59. The van der Waals surface area contributed by atoms with Crippen LogP contribution >= 0.6 is 0 Å². The predicted octanol–water partition coefficient (Wildman–Crippen LogP) is 4.43. The van der Waals surface area contributed by atoms with Crippen LogP contribution in [0.15, 0.2) is 84.9 Å². The lowest BCUT2D eigenvalue weighted by atomic mass is 10.0. The van der Waals surface area contributed by atoms with Gasteiger partial charge in [-0.25, -0.2) is 10.3 Å². The van der Waals surface area contributed by atoms with Gasteiger partial charge in [0.15, 0.2) is 0 Å². The van der Waals surface area contributed by atoms with Gasteiger partial charge in [-0.15, -0.1) is 0 Å². The minimum atomic E-state index is 0.230. The number of benzene rings is 4. The number of hydrogen-bond donors (Lipinski definition) is 3. The first-order valence-corrected chi connectivity index (χ1v) is 9.35. The Labute approximate surface area is 165 Å². The average Bonchev–Trinajstić information content (AvgIpc) is 2.70. The van der Waals surface area contributed by atoms with Crippen molar-refractivity contribution in [3.63, 3.8) is 0 Å². The van der Waals surface area contributed by atoms with Crippen molar-refractivity contribution in [2.45, 2.75) is 13.8 Å². The Morgan fingerprint density at radius 3 is 1.96 bits per heavy atom. The Kier molecular flexibility index (Phi) is 4.81. The minimum absolute atomic E-state index is 0.230. The fourth-order valence-corrected chi connectivity index (χ4v) is 3.16. The standard InChI is InChI=1S/C25H22N2O/c1-17-7-11-21(12-8-17)26-25(27-22-13-9-18(2)10-14-22)23-15-19-5-3-4-6-20(19)16-24(23)28/h3-16,28H,1-2H3,(H,26,27)/p+1. The van der Waals surface area contributed by atoms with Crippen molar-refractivity contribution in [3.8, 4) is 5.75 Å². The number of aromatic hydroxyl groups is 1. The summed E-state index contributed by atoms with van der Waals surface area (Å²) in [4.78, 5) is 3.44. The average molecular weight is 367 g/mol. The highest BCUT2D eigenvalue weighted by Crippen LogP contribution is 2.25. The second kappa shape index (κ2) is 7.57. The molecule has 0 saturated heterocycles. The van der Waals surface area contributed by atoms with Gasteiger partial charge in [-0.05, 0) is 61.0 Å².